The minimum Gasteiger partial charge on any atom is -0.474 e. The van der Waals surface area contributed by atoms with Crippen molar-refractivity contribution >= 4 is 23.1 Å². The zero-order valence-corrected chi connectivity index (χ0v) is 16.9. The number of fused-ring (bicyclic) bond motifs is 1. The van der Waals surface area contributed by atoms with Crippen molar-refractivity contribution in [3.05, 3.63) is 46.2 Å². The van der Waals surface area contributed by atoms with E-state index in [0.29, 0.717) is 30.8 Å². The second-order valence-electron chi connectivity index (χ2n) is 7.38. The molecule has 2 saturated heterocycles. The molecule has 0 radical (unpaired) electrons. The molecule has 0 aliphatic carbocycles. The summed E-state index contributed by atoms with van der Waals surface area (Å²) in [6.07, 6.45) is 3.63. The summed E-state index contributed by atoms with van der Waals surface area (Å²) in [7, 11) is 0. The van der Waals surface area contributed by atoms with Gasteiger partial charge in [0.15, 0.2) is 0 Å². The molecule has 3 aliphatic heterocycles. The van der Waals surface area contributed by atoms with Crippen molar-refractivity contribution in [3.63, 3.8) is 0 Å². The molecule has 5 rings (SSSR count). The second-order valence-corrected chi connectivity index (χ2v) is 7.77. The topological polar surface area (TPSA) is 69.1 Å². The summed E-state index contributed by atoms with van der Waals surface area (Å²) in [6.45, 7) is 5.13. The molecule has 29 heavy (non-hydrogen) atoms. The number of hydrogen-bond donors (Lipinski definition) is 0. The highest BCUT2D eigenvalue weighted by Crippen LogP contribution is 2.34. The highest BCUT2D eigenvalue weighted by molar-refractivity contribution is 6.30. The molecule has 5 heterocycles. The number of aliphatic imine (C=N–C) groups is 1. The van der Waals surface area contributed by atoms with Gasteiger partial charge >= 0.3 is 0 Å². The summed E-state index contributed by atoms with van der Waals surface area (Å²) < 4.78 is 17.2. The molecule has 0 aromatic carbocycles. The van der Waals surface area contributed by atoms with Crippen LogP contribution < -0.4 is 9.64 Å². The predicted octanol–water partition coefficient (Wildman–Crippen LogP) is 2.88. The van der Waals surface area contributed by atoms with Crippen LogP contribution in [-0.4, -0.2) is 61.3 Å². The Hall–Kier alpha value is -2.22. The molecule has 0 amide bonds. The quantitative estimate of drug-likeness (QED) is 0.716. The minimum atomic E-state index is 0.0852. The van der Waals surface area contributed by atoms with Crippen LogP contribution in [0.2, 0.25) is 5.15 Å². The van der Waals surface area contributed by atoms with E-state index >= 15 is 0 Å². The van der Waals surface area contributed by atoms with Gasteiger partial charge in [0.2, 0.25) is 5.88 Å². The molecule has 2 aromatic rings. The molecule has 0 bridgehead atoms. The third-order valence-electron chi connectivity index (χ3n) is 5.48. The number of rotatable bonds is 4. The first-order chi connectivity index (χ1) is 14.3. The number of nitrogens with zero attached hydrogens (tertiary/aromatic N) is 4. The van der Waals surface area contributed by atoms with E-state index in [9.17, 15) is 0 Å². The van der Waals surface area contributed by atoms with Gasteiger partial charge < -0.3 is 19.1 Å². The number of hydrogen-bond acceptors (Lipinski definition) is 7. The van der Waals surface area contributed by atoms with Crippen molar-refractivity contribution < 1.29 is 14.2 Å². The van der Waals surface area contributed by atoms with Gasteiger partial charge in [-0.15, -0.1) is 0 Å². The number of aromatic nitrogens is 2. The van der Waals surface area contributed by atoms with Crippen molar-refractivity contribution in [3.8, 4) is 5.88 Å². The molecule has 0 spiro atoms. The number of pyridine rings is 2. The summed E-state index contributed by atoms with van der Waals surface area (Å²) in [4.78, 5) is 16.1. The Morgan fingerprint density at radius 2 is 1.86 bits per heavy atom. The smallest absolute Gasteiger partial charge is 0.225 e. The Morgan fingerprint density at radius 1 is 1.07 bits per heavy atom. The van der Waals surface area contributed by atoms with Crippen molar-refractivity contribution in [1.82, 2.24) is 9.97 Å². The summed E-state index contributed by atoms with van der Waals surface area (Å²) in [5.41, 5.74) is 3.90. The van der Waals surface area contributed by atoms with Crippen LogP contribution in [0.1, 0.15) is 29.5 Å². The highest BCUT2D eigenvalue weighted by atomic mass is 35.5. The van der Waals surface area contributed by atoms with Crippen LogP contribution in [0.4, 0.5) is 5.82 Å². The number of ether oxygens (including phenoxy) is 3. The summed E-state index contributed by atoms with van der Waals surface area (Å²) in [5, 5.41) is 0.436. The fourth-order valence-corrected chi connectivity index (χ4v) is 4.17. The lowest BCUT2D eigenvalue weighted by atomic mass is 10.0. The lowest BCUT2D eigenvalue weighted by molar-refractivity contribution is 0.0236. The molecule has 7 nitrogen and oxygen atoms in total. The van der Waals surface area contributed by atoms with E-state index in [2.05, 4.69) is 20.9 Å². The van der Waals surface area contributed by atoms with Gasteiger partial charge in [0.1, 0.15) is 17.1 Å². The zero-order chi connectivity index (χ0) is 19.6. The first-order valence-corrected chi connectivity index (χ1v) is 10.4. The van der Waals surface area contributed by atoms with Gasteiger partial charge in [-0.3, -0.25) is 4.99 Å². The second kappa shape index (κ2) is 8.26. The third-order valence-corrected chi connectivity index (χ3v) is 5.68. The molecular weight excluding hydrogens is 392 g/mol. The number of anilines is 1. The largest absolute Gasteiger partial charge is 0.474 e. The fraction of sp³-hybridized carbons (Fsp3) is 0.476. The van der Waals surface area contributed by atoms with Crippen molar-refractivity contribution in [1.29, 1.82) is 0 Å². The third kappa shape index (κ3) is 3.95. The van der Waals surface area contributed by atoms with E-state index in [1.54, 1.807) is 0 Å². The van der Waals surface area contributed by atoms with Gasteiger partial charge in [-0.2, -0.15) is 0 Å². The van der Waals surface area contributed by atoms with Gasteiger partial charge in [-0.25, -0.2) is 9.97 Å². The van der Waals surface area contributed by atoms with Gasteiger partial charge in [-0.05, 0) is 23.8 Å². The molecule has 0 N–H and O–H groups in total. The Morgan fingerprint density at radius 3 is 2.69 bits per heavy atom. The van der Waals surface area contributed by atoms with Crippen LogP contribution in [0.5, 0.6) is 5.88 Å². The van der Waals surface area contributed by atoms with E-state index in [1.807, 2.05) is 18.3 Å². The van der Waals surface area contributed by atoms with Crippen LogP contribution in [0.15, 0.2) is 29.4 Å². The molecule has 152 valence electrons. The molecule has 3 aliphatic rings. The van der Waals surface area contributed by atoms with E-state index in [4.69, 9.17) is 30.8 Å². The molecule has 0 saturated carbocycles. The number of halogens is 1. The Kier molecular flexibility index (Phi) is 5.35. The summed E-state index contributed by atoms with van der Waals surface area (Å²) in [5.74, 6) is 1.51. The van der Waals surface area contributed by atoms with Crippen LogP contribution in [-0.2, 0) is 16.0 Å². The van der Waals surface area contributed by atoms with E-state index in [1.165, 1.54) is 0 Å². The van der Waals surface area contributed by atoms with Gasteiger partial charge in [0, 0.05) is 37.7 Å². The maximum absolute atomic E-state index is 6.28. The van der Waals surface area contributed by atoms with E-state index in [0.717, 1.165) is 67.4 Å². The van der Waals surface area contributed by atoms with Crippen LogP contribution >= 0.6 is 11.6 Å². The van der Waals surface area contributed by atoms with Crippen molar-refractivity contribution in [2.75, 3.05) is 44.4 Å². The van der Waals surface area contributed by atoms with Crippen LogP contribution in [0.25, 0.3) is 0 Å². The molecule has 8 heteroatoms. The van der Waals surface area contributed by atoms with Crippen molar-refractivity contribution in [2.45, 2.75) is 25.5 Å². The lowest BCUT2D eigenvalue weighted by Gasteiger charge is -2.28. The Balaban J connectivity index is 1.47. The van der Waals surface area contributed by atoms with Crippen LogP contribution in [0.3, 0.4) is 0 Å². The van der Waals surface area contributed by atoms with E-state index < -0.39 is 0 Å². The highest BCUT2D eigenvalue weighted by Gasteiger charge is 2.27. The molecular formula is C21H23ClN4O3. The van der Waals surface area contributed by atoms with E-state index in [-0.39, 0.29) is 6.10 Å². The Bertz CT molecular complexity index is 924. The fourth-order valence-electron chi connectivity index (χ4n) is 3.96. The average Bonchev–Trinajstić information content (AvgIpc) is 3.19. The molecule has 2 fully saturated rings. The first kappa shape index (κ1) is 18.8. The molecule has 0 unspecified atom stereocenters. The van der Waals surface area contributed by atoms with Gasteiger partial charge in [0.05, 0.1) is 44.2 Å². The van der Waals surface area contributed by atoms with Gasteiger partial charge in [0.25, 0.3) is 0 Å². The SMILES string of the molecule is Clc1cc2c(c(OC3CCOCC3)n1)C(c1ccnc(N3CCOCC3)c1)=NC2. The van der Waals surface area contributed by atoms with Crippen LogP contribution in [0, 0.1) is 0 Å². The minimum absolute atomic E-state index is 0.0852. The maximum atomic E-state index is 6.28. The van der Waals surface area contributed by atoms with Crippen molar-refractivity contribution in [2.24, 2.45) is 4.99 Å². The Labute approximate surface area is 174 Å². The lowest BCUT2D eigenvalue weighted by Crippen LogP contribution is -2.36. The first-order valence-electron chi connectivity index (χ1n) is 10.1. The normalized spacial score (nSPS) is 19.8. The average molecular weight is 415 g/mol. The monoisotopic (exact) mass is 414 g/mol. The zero-order valence-electron chi connectivity index (χ0n) is 16.1. The predicted molar refractivity (Wildman–Crippen MR) is 110 cm³/mol. The maximum Gasteiger partial charge on any atom is 0.225 e. The summed E-state index contributed by atoms with van der Waals surface area (Å²) in [6, 6.07) is 5.96. The summed E-state index contributed by atoms with van der Waals surface area (Å²) >= 11 is 6.27. The standard InChI is InChI=1S/C21H23ClN4O3/c22-17-11-15-13-24-20(19(15)21(25-17)29-16-2-7-27-8-3-16)14-1-4-23-18(12-14)26-5-9-28-10-6-26/h1,4,11-12,16H,2-3,5-10,13H2. The van der Waals surface area contributed by atoms with Gasteiger partial charge in [-0.1, -0.05) is 11.6 Å². The molecule has 0 atom stereocenters. The number of morpholine rings is 1. The molecule has 2 aromatic heterocycles.